The standard InChI is InChI=1S/C24H50O4S.K/c1-3-19-23(25)21-17-15-13-11-9-7-5-6-8-10-12-14-16-18-22-24(20-4-2)29(26,27)28;/h23-25H,3-22H2,1-2H3,(H,26,27,28);/q;+1/p-1. The minimum Gasteiger partial charge on any atom is -0.748 e. The summed E-state index contributed by atoms with van der Waals surface area (Å²) in [5.41, 5.74) is 0. The van der Waals surface area contributed by atoms with Gasteiger partial charge in [0.05, 0.1) is 16.2 Å². The van der Waals surface area contributed by atoms with Crippen LogP contribution in [0.5, 0.6) is 0 Å². The molecule has 0 aliphatic carbocycles. The fourth-order valence-corrected chi connectivity index (χ4v) is 5.09. The van der Waals surface area contributed by atoms with Gasteiger partial charge in [0.2, 0.25) is 0 Å². The van der Waals surface area contributed by atoms with E-state index in [4.69, 9.17) is 0 Å². The Bertz CT molecular complexity index is 442. The second-order valence-electron chi connectivity index (χ2n) is 8.87. The van der Waals surface area contributed by atoms with Crippen LogP contribution in [0.3, 0.4) is 0 Å². The SMILES string of the molecule is CCCC(O)CCCCCCCCCCCCCCCCC(CCC)S(=O)(=O)[O-].[K+]. The molecule has 0 saturated carbocycles. The van der Waals surface area contributed by atoms with Crippen molar-refractivity contribution >= 4 is 10.1 Å². The molecule has 2 atom stereocenters. The molecule has 0 bridgehead atoms. The number of rotatable bonds is 22. The summed E-state index contributed by atoms with van der Waals surface area (Å²) in [5.74, 6) is 0. The first-order valence-electron chi connectivity index (χ1n) is 12.5. The monoisotopic (exact) mass is 472 g/mol. The molecule has 0 aromatic rings. The van der Waals surface area contributed by atoms with Crippen molar-refractivity contribution in [1.82, 2.24) is 0 Å². The maximum Gasteiger partial charge on any atom is 1.00 e. The zero-order chi connectivity index (χ0) is 21.8. The van der Waals surface area contributed by atoms with E-state index in [2.05, 4.69) is 6.92 Å². The third-order valence-electron chi connectivity index (χ3n) is 5.95. The largest absolute Gasteiger partial charge is 1.00 e. The third kappa shape index (κ3) is 22.7. The zero-order valence-corrected chi connectivity index (χ0v) is 24.3. The number of aliphatic hydroxyl groups excluding tert-OH is 1. The Labute approximate surface area is 230 Å². The topological polar surface area (TPSA) is 77.4 Å². The van der Waals surface area contributed by atoms with E-state index >= 15 is 0 Å². The Morgan fingerprint density at radius 2 is 0.933 bits per heavy atom. The van der Waals surface area contributed by atoms with Crippen LogP contribution in [0, 0.1) is 0 Å². The first-order chi connectivity index (χ1) is 13.9. The quantitative estimate of drug-likeness (QED) is 0.146. The fourth-order valence-electron chi connectivity index (χ4n) is 4.11. The van der Waals surface area contributed by atoms with E-state index in [0.717, 1.165) is 44.9 Å². The minimum absolute atomic E-state index is 0. The summed E-state index contributed by atoms with van der Waals surface area (Å²) in [6, 6.07) is 0. The van der Waals surface area contributed by atoms with Crippen LogP contribution in [0.1, 0.15) is 142 Å². The van der Waals surface area contributed by atoms with Crippen molar-refractivity contribution in [3.05, 3.63) is 0 Å². The predicted octanol–water partition coefficient (Wildman–Crippen LogP) is 4.11. The number of aliphatic hydroxyl groups is 1. The maximum atomic E-state index is 11.2. The second kappa shape index (κ2) is 23.7. The summed E-state index contributed by atoms with van der Waals surface area (Å²) in [5, 5.41) is 9.02. The van der Waals surface area contributed by atoms with Gasteiger partial charge in [-0.3, -0.25) is 0 Å². The first-order valence-corrected chi connectivity index (χ1v) is 14.0. The van der Waals surface area contributed by atoms with Crippen LogP contribution in [0.2, 0.25) is 0 Å². The number of unbranched alkanes of at least 4 members (excludes halogenated alkanes) is 13. The third-order valence-corrected chi connectivity index (χ3v) is 7.24. The van der Waals surface area contributed by atoms with Crippen LogP contribution in [0.15, 0.2) is 0 Å². The van der Waals surface area contributed by atoms with Gasteiger partial charge < -0.3 is 9.66 Å². The van der Waals surface area contributed by atoms with Crippen molar-refractivity contribution in [3.63, 3.8) is 0 Å². The molecule has 0 spiro atoms. The molecule has 6 heteroatoms. The molecule has 4 nitrogen and oxygen atoms in total. The van der Waals surface area contributed by atoms with Crippen molar-refractivity contribution in [2.45, 2.75) is 154 Å². The smallest absolute Gasteiger partial charge is 0.748 e. The fraction of sp³-hybridized carbons (Fsp3) is 1.00. The van der Waals surface area contributed by atoms with Crippen molar-refractivity contribution < 1.29 is 69.5 Å². The van der Waals surface area contributed by atoms with Crippen LogP contribution in [0.25, 0.3) is 0 Å². The van der Waals surface area contributed by atoms with E-state index in [-0.39, 0.29) is 57.5 Å². The Hall–Kier alpha value is 1.51. The van der Waals surface area contributed by atoms with Crippen LogP contribution in [0.4, 0.5) is 0 Å². The van der Waals surface area contributed by atoms with Crippen LogP contribution < -0.4 is 51.4 Å². The summed E-state index contributed by atoms with van der Waals surface area (Å²) >= 11 is 0. The van der Waals surface area contributed by atoms with E-state index in [1.165, 1.54) is 70.6 Å². The number of hydrogen-bond acceptors (Lipinski definition) is 4. The molecule has 0 amide bonds. The molecular formula is C24H49KO4S. The van der Waals surface area contributed by atoms with Crippen LogP contribution >= 0.6 is 0 Å². The van der Waals surface area contributed by atoms with Gasteiger partial charge >= 0.3 is 51.4 Å². The van der Waals surface area contributed by atoms with Gasteiger partial charge in [-0.15, -0.1) is 0 Å². The van der Waals surface area contributed by atoms with Gasteiger partial charge in [0.1, 0.15) is 0 Å². The molecule has 0 aromatic heterocycles. The maximum absolute atomic E-state index is 11.2. The normalized spacial score (nSPS) is 13.7. The molecule has 0 heterocycles. The van der Waals surface area contributed by atoms with E-state index in [0.29, 0.717) is 12.8 Å². The number of hydrogen-bond donors (Lipinski definition) is 1. The first kappa shape index (κ1) is 33.7. The van der Waals surface area contributed by atoms with E-state index in [9.17, 15) is 18.1 Å². The van der Waals surface area contributed by atoms with Gasteiger partial charge in [0, 0.05) is 5.25 Å². The van der Waals surface area contributed by atoms with Gasteiger partial charge in [-0.05, 0) is 25.7 Å². The molecule has 0 rings (SSSR count). The molecule has 30 heavy (non-hydrogen) atoms. The molecule has 0 saturated heterocycles. The Morgan fingerprint density at radius 1 is 0.600 bits per heavy atom. The molecule has 0 radical (unpaired) electrons. The second-order valence-corrected chi connectivity index (χ2v) is 10.5. The summed E-state index contributed by atoms with van der Waals surface area (Å²) in [6.07, 6.45) is 22.1. The summed E-state index contributed by atoms with van der Waals surface area (Å²) in [7, 11) is -4.11. The molecular weight excluding hydrogens is 423 g/mol. The van der Waals surface area contributed by atoms with E-state index in [1.807, 2.05) is 6.92 Å². The molecule has 2 unspecified atom stereocenters. The summed E-state index contributed by atoms with van der Waals surface area (Å²) < 4.78 is 33.5. The van der Waals surface area contributed by atoms with Gasteiger partial charge in [0.25, 0.3) is 0 Å². The molecule has 0 fully saturated rings. The summed E-state index contributed by atoms with van der Waals surface area (Å²) in [4.78, 5) is 0. The van der Waals surface area contributed by atoms with Gasteiger partial charge in [-0.25, -0.2) is 8.42 Å². The average molecular weight is 473 g/mol. The minimum atomic E-state index is -4.11. The zero-order valence-electron chi connectivity index (χ0n) is 20.4. The Morgan fingerprint density at radius 3 is 1.27 bits per heavy atom. The van der Waals surface area contributed by atoms with Crippen molar-refractivity contribution in [2.24, 2.45) is 0 Å². The Kier molecular flexibility index (Phi) is 26.6. The van der Waals surface area contributed by atoms with Crippen molar-refractivity contribution in [1.29, 1.82) is 0 Å². The Balaban J connectivity index is 0. The van der Waals surface area contributed by atoms with Gasteiger partial charge in [-0.1, -0.05) is 117 Å². The predicted molar refractivity (Wildman–Crippen MR) is 123 cm³/mol. The average Bonchev–Trinajstić information content (AvgIpc) is 2.66. The van der Waals surface area contributed by atoms with E-state index < -0.39 is 15.4 Å². The molecule has 176 valence electrons. The molecule has 0 aliphatic heterocycles. The van der Waals surface area contributed by atoms with Gasteiger partial charge in [0.15, 0.2) is 0 Å². The molecule has 0 aromatic carbocycles. The van der Waals surface area contributed by atoms with E-state index in [1.54, 1.807) is 0 Å². The van der Waals surface area contributed by atoms with Crippen LogP contribution in [-0.2, 0) is 10.1 Å². The molecule has 0 aliphatic rings. The van der Waals surface area contributed by atoms with Crippen molar-refractivity contribution in [3.8, 4) is 0 Å². The van der Waals surface area contributed by atoms with Gasteiger partial charge in [-0.2, -0.15) is 0 Å². The molecule has 1 N–H and O–H groups in total. The van der Waals surface area contributed by atoms with Crippen LogP contribution in [-0.4, -0.2) is 29.4 Å². The van der Waals surface area contributed by atoms with Crippen molar-refractivity contribution in [2.75, 3.05) is 0 Å². The summed E-state index contributed by atoms with van der Waals surface area (Å²) in [6.45, 7) is 4.06.